The lowest BCUT2D eigenvalue weighted by molar-refractivity contribution is 0.0701. The van der Waals surface area contributed by atoms with Crippen LogP contribution in [0.1, 0.15) is 22.2 Å². The minimum atomic E-state index is -0.810. The lowest BCUT2D eigenvalue weighted by Crippen LogP contribution is -1.95. The highest BCUT2D eigenvalue weighted by Gasteiger charge is 2.11. The Kier molecular flexibility index (Phi) is 2.89. The van der Waals surface area contributed by atoms with E-state index in [1.165, 1.54) is 11.3 Å². The maximum atomic E-state index is 10.6. The van der Waals surface area contributed by atoms with Gasteiger partial charge in [-0.15, -0.1) is 11.3 Å². The largest absolute Gasteiger partial charge is 0.477 e. The van der Waals surface area contributed by atoms with E-state index in [1.807, 2.05) is 13.0 Å². The summed E-state index contributed by atoms with van der Waals surface area (Å²) < 4.78 is 1.04. The van der Waals surface area contributed by atoms with Crippen molar-refractivity contribution >= 4 is 39.9 Å². The first-order valence-corrected chi connectivity index (χ1v) is 5.06. The second kappa shape index (κ2) is 3.53. The maximum absolute atomic E-state index is 10.6. The Labute approximate surface area is 82.4 Å². The molecule has 1 N–H and O–H groups in total. The van der Waals surface area contributed by atoms with Crippen LogP contribution in [0, 0.1) is 2.88 Å². The number of carbonyl (C=O) groups is 1. The summed E-state index contributed by atoms with van der Waals surface area (Å²) in [4.78, 5) is 11.1. The van der Waals surface area contributed by atoms with E-state index in [-0.39, 0.29) is 0 Å². The molecule has 1 aromatic heterocycles. The predicted octanol–water partition coefficient (Wildman–Crippen LogP) is 2.61. The van der Waals surface area contributed by atoms with Crippen molar-refractivity contribution in [3.63, 3.8) is 0 Å². The lowest BCUT2D eigenvalue weighted by Gasteiger charge is -1.91. The first-order chi connectivity index (χ1) is 5.15. The van der Waals surface area contributed by atoms with E-state index in [1.54, 1.807) is 0 Å². The van der Waals surface area contributed by atoms with E-state index < -0.39 is 5.97 Å². The first-order valence-electron chi connectivity index (χ1n) is 3.16. The van der Waals surface area contributed by atoms with Gasteiger partial charge in [-0.05, 0) is 40.6 Å². The van der Waals surface area contributed by atoms with Gasteiger partial charge in [-0.1, -0.05) is 6.92 Å². The number of thiophene rings is 1. The van der Waals surface area contributed by atoms with Crippen LogP contribution in [0.3, 0.4) is 0 Å². The molecule has 0 saturated heterocycles. The highest BCUT2D eigenvalue weighted by molar-refractivity contribution is 14.1. The SMILES string of the molecule is CCc1cc(I)sc1C(=O)O. The van der Waals surface area contributed by atoms with Crippen LogP contribution in [0.25, 0.3) is 0 Å². The number of aryl methyl sites for hydroxylation is 1. The normalized spacial score (nSPS) is 10.0. The number of rotatable bonds is 2. The van der Waals surface area contributed by atoms with E-state index in [4.69, 9.17) is 5.11 Å². The maximum Gasteiger partial charge on any atom is 0.346 e. The molecule has 0 unspecified atom stereocenters. The summed E-state index contributed by atoms with van der Waals surface area (Å²) in [6.45, 7) is 1.96. The molecule has 0 aliphatic heterocycles. The number of carboxylic acids is 1. The van der Waals surface area contributed by atoms with Gasteiger partial charge in [0.05, 0.1) is 2.88 Å². The predicted molar refractivity (Wildman–Crippen MR) is 53.4 cm³/mol. The van der Waals surface area contributed by atoms with Crippen molar-refractivity contribution in [1.29, 1.82) is 0 Å². The molecule has 0 bridgehead atoms. The molecule has 4 heteroatoms. The van der Waals surface area contributed by atoms with Gasteiger partial charge in [-0.25, -0.2) is 4.79 Å². The average molecular weight is 282 g/mol. The molecule has 0 fully saturated rings. The summed E-state index contributed by atoms with van der Waals surface area (Å²) in [6.07, 6.45) is 0.793. The number of hydrogen-bond acceptors (Lipinski definition) is 2. The van der Waals surface area contributed by atoms with Crippen LogP contribution >= 0.6 is 33.9 Å². The molecule has 0 spiro atoms. The van der Waals surface area contributed by atoms with Gasteiger partial charge >= 0.3 is 5.97 Å². The Morgan fingerprint density at radius 3 is 2.82 bits per heavy atom. The second-order valence-electron chi connectivity index (χ2n) is 2.06. The van der Waals surface area contributed by atoms with Crippen molar-refractivity contribution in [2.75, 3.05) is 0 Å². The van der Waals surface area contributed by atoms with Crippen LogP contribution in [0.5, 0.6) is 0 Å². The van der Waals surface area contributed by atoms with Gasteiger partial charge in [0.2, 0.25) is 0 Å². The number of carboxylic acid groups (broad SMARTS) is 1. The van der Waals surface area contributed by atoms with Crippen LogP contribution in [0.4, 0.5) is 0 Å². The summed E-state index contributed by atoms with van der Waals surface area (Å²) >= 11 is 3.47. The summed E-state index contributed by atoms with van der Waals surface area (Å²) in [5, 5.41) is 8.72. The van der Waals surface area contributed by atoms with Crippen LogP contribution in [-0.4, -0.2) is 11.1 Å². The highest BCUT2D eigenvalue weighted by Crippen LogP contribution is 2.24. The fourth-order valence-electron chi connectivity index (χ4n) is 0.839. The van der Waals surface area contributed by atoms with Gasteiger partial charge in [0.25, 0.3) is 0 Å². The average Bonchev–Trinajstić information content (AvgIpc) is 2.30. The van der Waals surface area contributed by atoms with Crippen LogP contribution in [0.2, 0.25) is 0 Å². The van der Waals surface area contributed by atoms with Crippen molar-refractivity contribution < 1.29 is 9.90 Å². The molecule has 0 aliphatic carbocycles. The van der Waals surface area contributed by atoms with E-state index in [2.05, 4.69) is 22.6 Å². The van der Waals surface area contributed by atoms with Gasteiger partial charge < -0.3 is 5.11 Å². The Balaban J connectivity index is 3.12. The Bertz CT molecular complexity index is 280. The molecule has 1 rings (SSSR count). The third-order valence-corrected chi connectivity index (χ3v) is 3.28. The highest BCUT2D eigenvalue weighted by atomic mass is 127. The van der Waals surface area contributed by atoms with Crippen molar-refractivity contribution in [2.24, 2.45) is 0 Å². The zero-order valence-corrected chi connectivity index (χ0v) is 8.90. The molecule has 0 aromatic carbocycles. The zero-order valence-electron chi connectivity index (χ0n) is 5.93. The van der Waals surface area contributed by atoms with Crippen molar-refractivity contribution in [3.8, 4) is 0 Å². The molecule has 2 nitrogen and oxygen atoms in total. The number of halogens is 1. The molecule has 1 heterocycles. The van der Waals surface area contributed by atoms with Crippen molar-refractivity contribution in [1.82, 2.24) is 0 Å². The molecule has 1 aromatic rings. The fourth-order valence-corrected chi connectivity index (χ4v) is 2.69. The van der Waals surface area contributed by atoms with Gasteiger partial charge in [0.15, 0.2) is 0 Å². The zero-order chi connectivity index (χ0) is 8.43. The van der Waals surface area contributed by atoms with Crippen LogP contribution in [-0.2, 0) is 6.42 Å². The van der Waals surface area contributed by atoms with Gasteiger partial charge in [-0.3, -0.25) is 0 Å². The third kappa shape index (κ3) is 1.93. The Hall–Kier alpha value is -0.100. The lowest BCUT2D eigenvalue weighted by atomic mass is 10.2. The van der Waals surface area contributed by atoms with Crippen LogP contribution in [0.15, 0.2) is 6.07 Å². The Morgan fingerprint density at radius 2 is 2.45 bits per heavy atom. The third-order valence-electron chi connectivity index (χ3n) is 1.35. The molecule has 0 aliphatic rings. The van der Waals surface area contributed by atoms with Crippen molar-refractivity contribution in [2.45, 2.75) is 13.3 Å². The quantitative estimate of drug-likeness (QED) is 0.847. The molecule has 0 amide bonds. The molecule has 0 radical (unpaired) electrons. The Morgan fingerprint density at radius 1 is 1.82 bits per heavy atom. The van der Waals surface area contributed by atoms with E-state index in [0.29, 0.717) is 4.88 Å². The van der Waals surface area contributed by atoms with Gasteiger partial charge in [0, 0.05) is 0 Å². The topological polar surface area (TPSA) is 37.3 Å². The summed E-state index contributed by atoms with van der Waals surface area (Å²) in [7, 11) is 0. The number of hydrogen-bond donors (Lipinski definition) is 1. The van der Waals surface area contributed by atoms with E-state index in [9.17, 15) is 4.79 Å². The number of aromatic carboxylic acids is 1. The standard InChI is InChI=1S/C7H7IO2S/c1-2-4-3-5(8)11-6(4)7(9)10/h3H,2H2,1H3,(H,9,10). The van der Waals surface area contributed by atoms with Gasteiger partial charge in [0.1, 0.15) is 4.88 Å². The molecular formula is C7H7IO2S. The van der Waals surface area contributed by atoms with Crippen LogP contribution < -0.4 is 0 Å². The molecule has 60 valence electrons. The van der Waals surface area contributed by atoms with Crippen molar-refractivity contribution in [3.05, 3.63) is 19.4 Å². The fraction of sp³-hybridized carbons (Fsp3) is 0.286. The molecule has 11 heavy (non-hydrogen) atoms. The summed E-state index contributed by atoms with van der Waals surface area (Å²) in [5.74, 6) is -0.810. The minimum Gasteiger partial charge on any atom is -0.477 e. The smallest absolute Gasteiger partial charge is 0.346 e. The minimum absolute atomic E-state index is 0.483. The molecule has 0 saturated carbocycles. The summed E-state index contributed by atoms with van der Waals surface area (Å²) in [6, 6.07) is 1.93. The van der Waals surface area contributed by atoms with E-state index >= 15 is 0 Å². The second-order valence-corrected chi connectivity index (χ2v) is 5.01. The summed E-state index contributed by atoms with van der Waals surface area (Å²) in [5.41, 5.74) is 0.937. The first kappa shape index (κ1) is 8.99. The molecule has 0 atom stereocenters. The van der Waals surface area contributed by atoms with E-state index in [0.717, 1.165) is 14.9 Å². The van der Waals surface area contributed by atoms with Gasteiger partial charge in [-0.2, -0.15) is 0 Å². The molecular weight excluding hydrogens is 275 g/mol. The monoisotopic (exact) mass is 282 g/mol.